The molecule has 0 nitrogen and oxygen atoms in total. The van der Waals surface area contributed by atoms with Crippen LogP contribution < -0.4 is 0 Å². The fourth-order valence-corrected chi connectivity index (χ4v) is 1.58. The molecule has 2 aromatic rings. The molecule has 126 valence electrons. The first-order valence-corrected chi connectivity index (χ1v) is 7.85. The predicted molar refractivity (Wildman–Crippen MR) is 109 cm³/mol. The van der Waals surface area contributed by atoms with E-state index < -0.39 is 0 Å². The number of aryl methyl sites for hydroxylation is 1. The van der Waals surface area contributed by atoms with Crippen LogP contribution in [0, 0.1) is 20.8 Å². The van der Waals surface area contributed by atoms with Crippen molar-refractivity contribution in [1.29, 1.82) is 0 Å². The van der Waals surface area contributed by atoms with Crippen molar-refractivity contribution >= 4 is 11.1 Å². The minimum atomic E-state index is 0. The average Bonchev–Trinajstić information content (AvgIpc) is 2.60. The quantitative estimate of drug-likeness (QED) is 0.379. The van der Waals surface area contributed by atoms with Gasteiger partial charge >= 0.3 is 19.5 Å². The Bertz CT molecular complexity index is 524. The average molecular weight is 374 g/mol. The first-order valence-electron chi connectivity index (χ1n) is 7.85. The van der Waals surface area contributed by atoms with E-state index in [0.29, 0.717) is 0 Å². The van der Waals surface area contributed by atoms with Crippen molar-refractivity contribution in [3.63, 3.8) is 0 Å². The second kappa shape index (κ2) is 17.9. The summed E-state index contributed by atoms with van der Waals surface area (Å²) < 4.78 is 0. The fourth-order valence-electron chi connectivity index (χ4n) is 1.58. The molecule has 0 unspecified atom stereocenters. The van der Waals surface area contributed by atoms with Gasteiger partial charge in [-0.1, -0.05) is 78.4 Å². The summed E-state index contributed by atoms with van der Waals surface area (Å²) in [4.78, 5) is 0. The molecule has 0 saturated heterocycles. The molecule has 0 fully saturated rings. The summed E-state index contributed by atoms with van der Waals surface area (Å²) in [6, 6.07) is 18.5. The molecule has 0 aliphatic heterocycles. The molecular weight excluding hydrogens is 342 g/mol. The van der Waals surface area contributed by atoms with Gasteiger partial charge in [-0.3, -0.25) is 0 Å². The Morgan fingerprint density at radius 2 is 1.08 bits per heavy atom. The van der Waals surface area contributed by atoms with Crippen LogP contribution in [-0.2, 0) is 19.5 Å². The molecule has 1 heteroatoms. The second-order valence-electron chi connectivity index (χ2n) is 4.80. The summed E-state index contributed by atoms with van der Waals surface area (Å²) in [6.45, 7) is 23.9. The number of hydrogen-bond acceptors (Lipinski definition) is 0. The van der Waals surface area contributed by atoms with Crippen LogP contribution in [0.25, 0.3) is 11.1 Å². The van der Waals surface area contributed by atoms with E-state index in [-0.39, 0.29) is 19.5 Å². The van der Waals surface area contributed by atoms with E-state index in [1.165, 1.54) is 16.7 Å². The molecule has 0 amide bonds. The molecule has 24 heavy (non-hydrogen) atoms. The van der Waals surface area contributed by atoms with Gasteiger partial charge in [0.2, 0.25) is 0 Å². The van der Waals surface area contributed by atoms with Crippen LogP contribution in [0.5, 0.6) is 0 Å². The van der Waals surface area contributed by atoms with Gasteiger partial charge in [0.1, 0.15) is 0 Å². The number of benzene rings is 2. The van der Waals surface area contributed by atoms with Gasteiger partial charge in [-0.2, -0.15) is 13.8 Å². The maximum atomic E-state index is 3.90. The molecule has 0 aliphatic rings. The summed E-state index contributed by atoms with van der Waals surface area (Å²) in [5.41, 5.74) is 5.89. The SMILES string of the molecule is C=C(C)c1cccc(C(=C)C)c1.Cc1ccccc1.[CH2-]C.[CH2-]C.[Zn+2]. The van der Waals surface area contributed by atoms with E-state index in [9.17, 15) is 0 Å². The Morgan fingerprint density at radius 3 is 1.33 bits per heavy atom. The first-order chi connectivity index (χ1) is 11.0. The summed E-state index contributed by atoms with van der Waals surface area (Å²) in [6.07, 6.45) is 0. The van der Waals surface area contributed by atoms with E-state index in [1.54, 1.807) is 13.8 Å². The van der Waals surface area contributed by atoms with Crippen LogP contribution in [0.15, 0.2) is 67.8 Å². The van der Waals surface area contributed by atoms with Gasteiger partial charge in [0.15, 0.2) is 0 Å². The van der Waals surface area contributed by atoms with E-state index in [2.05, 4.69) is 64.3 Å². The van der Waals surface area contributed by atoms with Crippen molar-refractivity contribution in [3.8, 4) is 0 Å². The summed E-state index contributed by atoms with van der Waals surface area (Å²) in [7, 11) is 0. The van der Waals surface area contributed by atoms with E-state index in [1.807, 2.05) is 38.1 Å². The van der Waals surface area contributed by atoms with Gasteiger partial charge in [-0.25, -0.2) is 0 Å². The van der Waals surface area contributed by atoms with Crippen LogP contribution in [0.4, 0.5) is 0 Å². The molecule has 0 saturated carbocycles. The van der Waals surface area contributed by atoms with Crippen molar-refractivity contribution < 1.29 is 19.5 Å². The summed E-state index contributed by atoms with van der Waals surface area (Å²) >= 11 is 0. The van der Waals surface area contributed by atoms with Crippen molar-refractivity contribution in [2.24, 2.45) is 0 Å². The molecule has 0 N–H and O–H groups in total. The molecule has 2 aromatic carbocycles. The minimum absolute atomic E-state index is 0. The first kappa shape index (κ1) is 27.4. The van der Waals surface area contributed by atoms with Gasteiger partial charge in [-0.05, 0) is 38.0 Å². The van der Waals surface area contributed by atoms with Gasteiger partial charge < -0.3 is 13.8 Å². The van der Waals surface area contributed by atoms with Gasteiger partial charge in [0.05, 0.1) is 0 Å². The Hall–Kier alpha value is -1.46. The summed E-state index contributed by atoms with van der Waals surface area (Å²) in [5.74, 6) is 0. The number of hydrogen-bond donors (Lipinski definition) is 0. The third kappa shape index (κ3) is 13.0. The Balaban J connectivity index is -0.000000316. The van der Waals surface area contributed by atoms with Crippen molar-refractivity contribution in [1.82, 2.24) is 0 Å². The maximum absolute atomic E-state index is 3.90. The Morgan fingerprint density at radius 1 is 0.708 bits per heavy atom. The van der Waals surface area contributed by atoms with Crippen molar-refractivity contribution in [2.45, 2.75) is 34.6 Å². The molecule has 0 spiro atoms. The molecular formula is C23H32Zn. The van der Waals surface area contributed by atoms with Gasteiger partial charge in [-0.15, -0.1) is 0 Å². The van der Waals surface area contributed by atoms with E-state index in [0.717, 1.165) is 11.1 Å². The second-order valence-corrected chi connectivity index (χ2v) is 4.80. The van der Waals surface area contributed by atoms with E-state index >= 15 is 0 Å². The predicted octanol–water partition coefficient (Wildman–Crippen LogP) is 7.43. The smallest absolute Gasteiger partial charge is 0.346 e. The standard InChI is InChI=1S/C12H14.C7H8.2C2H5.Zn/c1-9(2)11-6-5-7-12(8-11)10(3)4;1-7-5-3-2-4-6-7;2*1-2;/h5-8H,1,3H2,2,4H3;2-6H,1H3;2*1H2,2H3;/q;;2*-1;+2. The van der Waals surface area contributed by atoms with Gasteiger partial charge in [0, 0.05) is 0 Å². The zero-order valence-electron chi connectivity index (χ0n) is 16.2. The van der Waals surface area contributed by atoms with Crippen molar-refractivity contribution in [2.75, 3.05) is 0 Å². The zero-order chi connectivity index (χ0) is 18.3. The largest absolute Gasteiger partial charge is 2.00 e. The molecule has 0 aliphatic carbocycles. The third-order valence-corrected chi connectivity index (χ3v) is 2.79. The zero-order valence-corrected chi connectivity index (χ0v) is 19.2. The monoisotopic (exact) mass is 372 g/mol. The molecule has 0 bridgehead atoms. The van der Waals surface area contributed by atoms with Crippen LogP contribution in [0.1, 0.15) is 44.4 Å². The van der Waals surface area contributed by atoms with Crippen LogP contribution in [0.3, 0.4) is 0 Å². The topological polar surface area (TPSA) is 0 Å². The molecule has 2 rings (SSSR count). The molecule has 0 atom stereocenters. The van der Waals surface area contributed by atoms with Crippen LogP contribution >= 0.6 is 0 Å². The fraction of sp³-hybridized carbons (Fsp3) is 0.217. The van der Waals surface area contributed by atoms with Crippen molar-refractivity contribution in [3.05, 3.63) is 98.3 Å². The third-order valence-electron chi connectivity index (χ3n) is 2.79. The normalized spacial score (nSPS) is 7.79. The van der Waals surface area contributed by atoms with Gasteiger partial charge in [0.25, 0.3) is 0 Å². The Kier molecular flexibility index (Phi) is 20.4. The Labute approximate surface area is 163 Å². The van der Waals surface area contributed by atoms with Crippen LogP contribution in [-0.4, -0.2) is 0 Å². The van der Waals surface area contributed by atoms with Crippen LogP contribution in [0.2, 0.25) is 0 Å². The number of rotatable bonds is 2. The summed E-state index contributed by atoms with van der Waals surface area (Å²) in [5, 5.41) is 0. The molecule has 0 aromatic heterocycles. The van der Waals surface area contributed by atoms with E-state index in [4.69, 9.17) is 0 Å². The minimum Gasteiger partial charge on any atom is -0.346 e. The maximum Gasteiger partial charge on any atom is 2.00 e. The molecule has 0 radical (unpaired) electrons. The number of allylic oxidation sites excluding steroid dienone is 2. The molecule has 0 heterocycles.